The highest BCUT2D eigenvalue weighted by molar-refractivity contribution is 9.10. The maximum absolute atomic E-state index is 10.9. The molecule has 1 aromatic carbocycles. The highest BCUT2D eigenvalue weighted by Gasteiger charge is 2.18. The lowest BCUT2D eigenvalue weighted by Crippen LogP contribution is -2.10. The number of rotatable bonds is 2. The lowest BCUT2D eigenvalue weighted by molar-refractivity contribution is -0.138. The van der Waals surface area contributed by atoms with Gasteiger partial charge < -0.3 is 5.11 Å². The molecule has 0 saturated heterocycles. The molecule has 0 bridgehead atoms. The quantitative estimate of drug-likeness (QED) is 0.892. The molecule has 0 radical (unpaired) electrons. The summed E-state index contributed by atoms with van der Waals surface area (Å²) in [6, 6.07) is 1.91. The van der Waals surface area contributed by atoms with E-state index in [-0.39, 0.29) is 0 Å². The largest absolute Gasteiger partial charge is 0.481 e. The summed E-state index contributed by atoms with van der Waals surface area (Å²) in [7, 11) is 0. The fourth-order valence-corrected chi connectivity index (χ4v) is 2.16. The van der Waals surface area contributed by atoms with Gasteiger partial charge in [0.2, 0.25) is 0 Å². The summed E-state index contributed by atoms with van der Waals surface area (Å²) < 4.78 is 0.980. The lowest BCUT2D eigenvalue weighted by atomic mass is 9.91. The molecule has 0 aromatic heterocycles. The van der Waals surface area contributed by atoms with Crippen LogP contribution in [0.15, 0.2) is 10.5 Å². The van der Waals surface area contributed by atoms with Crippen molar-refractivity contribution in [2.75, 3.05) is 0 Å². The summed E-state index contributed by atoms with van der Waals surface area (Å²) in [6.45, 7) is 7.74. The van der Waals surface area contributed by atoms with Crippen LogP contribution in [-0.2, 0) is 4.79 Å². The summed E-state index contributed by atoms with van der Waals surface area (Å²) in [5, 5.41) is 9.00. The van der Waals surface area contributed by atoms with Gasteiger partial charge in [-0.15, -0.1) is 0 Å². The zero-order chi connectivity index (χ0) is 11.7. The molecule has 0 amide bonds. The minimum absolute atomic E-state index is 0.458. The number of hydrogen-bond acceptors (Lipinski definition) is 1. The molecule has 1 unspecified atom stereocenters. The Labute approximate surface area is 98.4 Å². The van der Waals surface area contributed by atoms with E-state index >= 15 is 0 Å². The third-order valence-electron chi connectivity index (χ3n) is 3.04. The molecule has 0 fully saturated rings. The second-order valence-electron chi connectivity index (χ2n) is 3.88. The molecule has 3 heteroatoms. The van der Waals surface area contributed by atoms with Gasteiger partial charge in [0.25, 0.3) is 0 Å². The molecule has 0 spiro atoms. The van der Waals surface area contributed by atoms with Gasteiger partial charge in [0.1, 0.15) is 0 Å². The average molecular weight is 271 g/mol. The van der Waals surface area contributed by atoms with E-state index in [0.29, 0.717) is 0 Å². The minimum atomic E-state index is -0.784. The second-order valence-corrected chi connectivity index (χ2v) is 4.74. The van der Waals surface area contributed by atoms with Gasteiger partial charge in [0, 0.05) is 4.47 Å². The molecule has 0 aliphatic carbocycles. The first kappa shape index (κ1) is 12.2. The third-order valence-corrected chi connectivity index (χ3v) is 3.86. The Balaban J connectivity index is 3.38. The van der Waals surface area contributed by atoms with Crippen LogP contribution in [0.4, 0.5) is 0 Å². The first-order valence-corrected chi connectivity index (χ1v) is 5.64. The predicted molar refractivity (Wildman–Crippen MR) is 64.4 cm³/mol. The van der Waals surface area contributed by atoms with Crippen LogP contribution in [0, 0.1) is 20.8 Å². The molecule has 1 aromatic rings. The van der Waals surface area contributed by atoms with Crippen LogP contribution >= 0.6 is 15.9 Å². The molecule has 0 saturated carbocycles. The molecule has 1 rings (SSSR count). The van der Waals surface area contributed by atoms with E-state index in [4.69, 9.17) is 5.11 Å². The Morgan fingerprint density at radius 2 is 1.80 bits per heavy atom. The van der Waals surface area contributed by atoms with Gasteiger partial charge in [0.05, 0.1) is 5.92 Å². The molecule has 0 aliphatic heterocycles. The fraction of sp³-hybridized carbons (Fsp3) is 0.417. The number of halogens is 1. The highest BCUT2D eigenvalue weighted by atomic mass is 79.9. The average Bonchev–Trinajstić information content (AvgIpc) is 2.19. The molecule has 82 valence electrons. The third kappa shape index (κ3) is 2.23. The normalized spacial score (nSPS) is 12.6. The van der Waals surface area contributed by atoms with Crippen molar-refractivity contribution in [2.24, 2.45) is 0 Å². The standard InChI is InChI=1S/C12H15BrO2/c1-6-7(2)10(9(4)12(14)15)5-11(13)8(6)3/h5,9H,1-4H3,(H,14,15). The van der Waals surface area contributed by atoms with Crippen molar-refractivity contribution >= 4 is 21.9 Å². The zero-order valence-corrected chi connectivity index (χ0v) is 11.0. The van der Waals surface area contributed by atoms with Crippen molar-refractivity contribution in [3.63, 3.8) is 0 Å². The topological polar surface area (TPSA) is 37.3 Å². The SMILES string of the molecule is Cc1c(Br)cc(C(C)C(=O)O)c(C)c1C. The van der Waals surface area contributed by atoms with Crippen molar-refractivity contribution in [3.05, 3.63) is 32.8 Å². The van der Waals surface area contributed by atoms with Crippen LogP contribution in [0.2, 0.25) is 0 Å². The van der Waals surface area contributed by atoms with Crippen LogP contribution in [0.25, 0.3) is 0 Å². The van der Waals surface area contributed by atoms with E-state index in [1.54, 1.807) is 6.92 Å². The van der Waals surface area contributed by atoms with Crippen molar-refractivity contribution in [2.45, 2.75) is 33.6 Å². The van der Waals surface area contributed by atoms with Crippen molar-refractivity contribution in [1.29, 1.82) is 0 Å². The van der Waals surface area contributed by atoms with E-state index < -0.39 is 11.9 Å². The first-order valence-electron chi connectivity index (χ1n) is 4.85. The van der Waals surface area contributed by atoms with Gasteiger partial charge in [-0.2, -0.15) is 0 Å². The Hall–Kier alpha value is -0.830. The summed E-state index contributed by atoms with van der Waals surface area (Å²) in [5.41, 5.74) is 4.30. The summed E-state index contributed by atoms with van der Waals surface area (Å²) in [6.07, 6.45) is 0. The molecular formula is C12H15BrO2. The van der Waals surface area contributed by atoms with Gasteiger partial charge >= 0.3 is 5.97 Å². The van der Waals surface area contributed by atoms with Gasteiger partial charge in [0.15, 0.2) is 0 Å². The number of carboxylic acid groups (broad SMARTS) is 1. The van der Waals surface area contributed by atoms with Crippen molar-refractivity contribution in [3.8, 4) is 0 Å². The Bertz CT molecular complexity index is 411. The van der Waals surface area contributed by atoms with Gasteiger partial charge in [-0.25, -0.2) is 0 Å². The van der Waals surface area contributed by atoms with E-state index in [0.717, 1.165) is 21.2 Å². The molecule has 0 aliphatic rings. The maximum atomic E-state index is 10.9. The number of hydrogen-bond donors (Lipinski definition) is 1. The fourth-order valence-electron chi connectivity index (χ4n) is 1.61. The molecular weight excluding hydrogens is 256 g/mol. The lowest BCUT2D eigenvalue weighted by Gasteiger charge is -2.16. The maximum Gasteiger partial charge on any atom is 0.310 e. The van der Waals surface area contributed by atoms with Crippen LogP contribution in [0.3, 0.4) is 0 Å². The summed E-state index contributed by atoms with van der Waals surface area (Å²) in [4.78, 5) is 10.9. The van der Waals surface area contributed by atoms with Crippen LogP contribution < -0.4 is 0 Å². The number of benzene rings is 1. The first-order chi connectivity index (χ1) is 6.86. The zero-order valence-electron chi connectivity index (χ0n) is 9.39. The van der Waals surface area contributed by atoms with Crippen molar-refractivity contribution < 1.29 is 9.90 Å². The minimum Gasteiger partial charge on any atom is -0.481 e. The summed E-state index contributed by atoms with van der Waals surface area (Å²) in [5.74, 6) is -1.24. The van der Waals surface area contributed by atoms with Crippen LogP contribution in [-0.4, -0.2) is 11.1 Å². The number of carboxylic acids is 1. The Kier molecular flexibility index (Phi) is 3.55. The number of carbonyl (C=O) groups is 1. The molecule has 15 heavy (non-hydrogen) atoms. The van der Waals surface area contributed by atoms with Crippen LogP contribution in [0.5, 0.6) is 0 Å². The van der Waals surface area contributed by atoms with Crippen molar-refractivity contribution in [1.82, 2.24) is 0 Å². The highest BCUT2D eigenvalue weighted by Crippen LogP contribution is 2.30. The monoisotopic (exact) mass is 270 g/mol. The van der Waals surface area contributed by atoms with E-state index in [9.17, 15) is 4.79 Å². The predicted octanol–water partition coefficient (Wildman–Crippen LogP) is 3.56. The van der Waals surface area contributed by atoms with E-state index in [1.165, 1.54) is 5.56 Å². The van der Waals surface area contributed by atoms with Gasteiger partial charge in [-0.05, 0) is 56.0 Å². The number of aliphatic carboxylic acids is 1. The van der Waals surface area contributed by atoms with E-state index in [1.807, 2.05) is 26.8 Å². The Morgan fingerprint density at radius 3 is 2.27 bits per heavy atom. The molecule has 2 nitrogen and oxygen atoms in total. The molecule has 1 N–H and O–H groups in total. The Morgan fingerprint density at radius 1 is 1.27 bits per heavy atom. The molecule has 0 heterocycles. The smallest absolute Gasteiger partial charge is 0.310 e. The van der Waals surface area contributed by atoms with Gasteiger partial charge in [-0.3, -0.25) is 4.79 Å². The second kappa shape index (κ2) is 4.35. The summed E-state index contributed by atoms with van der Waals surface area (Å²) >= 11 is 3.46. The van der Waals surface area contributed by atoms with Gasteiger partial charge in [-0.1, -0.05) is 15.9 Å². The molecule has 1 atom stereocenters. The van der Waals surface area contributed by atoms with Crippen LogP contribution in [0.1, 0.15) is 35.1 Å². The van der Waals surface area contributed by atoms with E-state index in [2.05, 4.69) is 15.9 Å².